The summed E-state index contributed by atoms with van der Waals surface area (Å²) in [6.07, 6.45) is 0.0119. The first-order chi connectivity index (χ1) is 10.2. The van der Waals surface area contributed by atoms with Crippen LogP contribution in [0.1, 0.15) is 17.3 Å². The standard InChI is InChI=1S/C16H14ClN3O/c17-11-3-6-13-14(9-11)19-15(20-8-7-18-16(13)20)10-1-4-12(21)5-2-10/h1-6,9,15,19,21H,7-8H2/t15-/m1/s1. The summed E-state index contributed by atoms with van der Waals surface area (Å²) in [5, 5.41) is 13.7. The number of hydrogen-bond acceptors (Lipinski definition) is 4. The number of halogens is 1. The summed E-state index contributed by atoms with van der Waals surface area (Å²) in [5.74, 6) is 1.28. The van der Waals surface area contributed by atoms with Crippen LogP contribution in [0.2, 0.25) is 5.02 Å². The van der Waals surface area contributed by atoms with Gasteiger partial charge in [0.1, 0.15) is 17.8 Å². The summed E-state index contributed by atoms with van der Waals surface area (Å²) in [7, 11) is 0. The molecule has 106 valence electrons. The van der Waals surface area contributed by atoms with Crippen LogP contribution in [0.25, 0.3) is 0 Å². The summed E-state index contributed by atoms with van der Waals surface area (Å²) >= 11 is 6.11. The summed E-state index contributed by atoms with van der Waals surface area (Å²) in [6, 6.07) is 13.1. The molecular weight excluding hydrogens is 286 g/mol. The number of benzene rings is 2. The van der Waals surface area contributed by atoms with Crippen LogP contribution in [0.4, 0.5) is 5.69 Å². The molecule has 0 bridgehead atoms. The molecule has 0 fully saturated rings. The van der Waals surface area contributed by atoms with Crippen molar-refractivity contribution >= 4 is 23.1 Å². The highest BCUT2D eigenvalue weighted by Crippen LogP contribution is 2.36. The van der Waals surface area contributed by atoms with Gasteiger partial charge in [0.05, 0.1) is 6.54 Å². The van der Waals surface area contributed by atoms with Gasteiger partial charge in [0.25, 0.3) is 0 Å². The fourth-order valence-electron chi connectivity index (χ4n) is 2.93. The summed E-state index contributed by atoms with van der Waals surface area (Å²) in [5.41, 5.74) is 3.18. The van der Waals surface area contributed by atoms with Gasteiger partial charge >= 0.3 is 0 Å². The number of phenols is 1. The predicted octanol–water partition coefficient (Wildman–Crippen LogP) is 3.23. The third kappa shape index (κ3) is 2.03. The van der Waals surface area contributed by atoms with Crippen molar-refractivity contribution < 1.29 is 5.11 Å². The number of hydrogen-bond donors (Lipinski definition) is 2. The minimum absolute atomic E-state index is 0.0119. The molecule has 2 aromatic carbocycles. The zero-order valence-corrected chi connectivity index (χ0v) is 12.0. The van der Waals surface area contributed by atoms with Crippen molar-refractivity contribution in [3.8, 4) is 5.75 Å². The van der Waals surface area contributed by atoms with Crippen molar-refractivity contribution in [2.24, 2.45) is 4.99 Å². The van der Waals surface area contributed by atoms with E-state index in [0.29, 0.717) is 5.02 Å². The molecule has 0 amide bonds. The van der Waals surface area contributed by atoms with Crippen LogP contribution in [0.5, 0.6) is 5.75 Å². The lowest BCUT2D eigenvalue weighted by Gasteiger charge is -2.37. The first kappa shape index (κ1) is 12.5. The van der Waals surface area contributed by atoms with Crippen molar-refractivity contribution in [1.82, 2.24) is 4.90 Å². The van der Waals surface area contributed by atoms with E-state index in [2.05, 4.69) is 15.2 Å². The number of aromatic hydroxyl groups is 1. The molecule has 2 aliphatic heterocycles. The number of fused-ring (bicyclic) bond motifs is 3. The number of anilines is 1. The molecule has 2 aromatic rings. The van der Waals surface area contributed by atoms with Crippen molar-refractivity contribution in [2.75, 3.05) is 18.4 Å². The largest absolute Gasteiger partial charge is 0.508 e. The van der Waals surface area contributed by atoms with Gasteiger partial charge in [-0.25, -0.2) is 0 Å². The Labute approximate surface area is 127 Å². The van der Waals surface area contributed by atoms with Gasteiger partial charge in [-0.3, -0.25) is 4.99 Å². The predicted molar refractivity (Wildman–Crippen MR) is 84.0 cm³/mol. The van der Waals surface area contributed by atoms with E-state index in [1.165, 1.54) is 0 Å². The number of rotatable bonds is 1. The van der Waals surface area contributed by atoms with Gasteiger partial charge < -0.3 is 15.3 Å². The van der Waals surface area contributed by atoms with E-state index in [0.717, 1.165) is 35.7 Å². The first-order valence-electron chi connectivity index (χ1n) is 6.89. The molecule has 0 aliphatic carbocycles. The van der Waals surface area contributed by atoms with Gasteiger partial charge in [-0.1, -0.05) is 23.7 Å². The average molecular weight is 300 g/mol. The van der Waals surface area contributed by atoms with Crippen LogP contribution in [0.15, 0.2) is 47.5 Å². The molecule has 0 saturated heterocycles. The Balaban J connectivity index is 1.80. The Hall–Kier alpha value is -2.20. The second-order valence-corrected chi connectivity index (χ2v) is 5.66. The lowest BCUT2D eigenvalue weighted by atomic mass is 10.0. The smallest absolute Gasteiger partial charge is 0.135 e. The van der Waals surface area contributed by atoms with Crippen LogP contribution in [-0.2, 0) is 0 Å². The molecule has 4 nitrogen and oxygen atoms in total. The molecule has 21 heavy (non-hydrogen) atoms. The molecule has 2 aliphatic rings. The molecule has 4 rings (SSSR count). The minimum atomic E-state index is 0.0119. The Morgan fingerprint density at radius 2 is 2.00 bits per heavy atom. The lowest BCUT2D eigenvalue weighted by Crippen LogP contribution is -2.41. The molecule has 2 heterocycles. The summed E-state index contributed by atoms with van der Waals surface area (Å²) in [6.45, 7) is 1.68. The van der Waals surface area contributed by atoms with Crippen molar-refractivity contribution in [3.05, 3.63) is 58.6 Å². The third-order valence-electron chi connectivity index (χ3n) is 3.91. The molecule has 0 radical (unpaired) electrons. The van der Waals surface area contributed by atoms with E-state index in [9.17, 15) is 5.11 Å². The first-order valence-corrected chi connectivity index (χ1v) is 7.27. The Bertz CT molecular complexity index is 727. The zero-order valence-electron chi connectivity index (χ0n) is 11.3. The van der Waals surface area contributed by atoms with Gasteiger partial charge in [-0.2, -0.15) is 0 Å². The molecule has 0 unspecified atom stereocenters. The quantitative estimate of drug-likeness (QED) is 0.850. The number of nitrogens with zero attached hydrogens (tertiary/aromatic N) is 2. The van der Waals surface area contributed by atoms with Crippen molar-refractivity contribution in [2.45, 2.75) is 6.17 Å². The van der Waals surface area contributed by atoms with E-state index in [4.69, 9.17) is 11.6 Å². The van der Waals surface area contributed by atoms with Crippen LogP contribution in [0, 0.1) is 0 Å². The molecule has 0 aromatic heterocycles. The second-order valence-electron chi connectivity index (χ2n) is 5.23. The molecule has 0 saturated carbocycles. The van der Waals surface area contributed by atoms with E-state index in [1.54, 1.807) is 12.1 Å². The van der Waals surface area contributed by atoms with E-state index >= 15 is 0 Å². The number of aliphatic imine (C=N–C) groups is 1. The van der Waals surface area contributed by atoms with E-state index in [1.807, 2.05) is 30.3 Å². The van der Waals surface area contributed by atoms with E-state index < -0.39 is 0 Å². The lowest BCUT2D eigenvalue weighted by molar-refractivity contribution is 0.370. The molecule has 1 atom stereocenters. The Morgan fingerprint density at radius 1 is 1.19 bits per heavy atom. The maximum Gasteiger partial charge on any atom is 0.135 e. The zero-order chi connectivity index (χ0) is 14.4. The number of nitrogens with one attached hydrogen (secondary N) is 1. The monoisotopic (exact) mass is 299 g/mol. The van der Waals surface area contributed by atoms with Gasteiger partial charge in [0, 0.05) is 22.8 Å². The van der Waals surface area contributed by atoms with Crippen LogP contribution in [0.3, 0.4) is 0 Å². The third-order valence-corrected chi connectivity index (χ3v) is 4.14. The number of amidine groups is 1. The highest BCUT2D eigenvalue weighted by Gasteiger charge is 2.33. The topological polar surface area (TPSA) is 47.9 Å². The SMILES string of the molecule is Oc1ccc([C@@H]2Nc3cc(Cl)ccc3C3=NCCN32)cc1. The fourth-order valence-corrected chi connectivity index (χ4v) is 3.10. The molecule has 0 spiro atoms. The van der Waals surface area contributed by atoms with Gasteiger partial charge in [0.2, 0.25) is 0 Å². The summed E-state index contributed by atoms with van der Waals surface area (Å²) < 4.78 is 0. The van der Waals surface area contributed by atoms with Crippen LogP contribution in [-0.4, -0.2) is 28.9 Å². The molecule has 2 N–H and O–H groups in total. The fraction of sp³-hybridized carbons (Fsp3) is 0.188. The summed E-state index contributed by atoms with van der Waals surface area (Å²) in [4.78, 5) is 6.88. The Kier molecular flexibility index (Phi) is 2.79. The highest BCUT2D eigenvalue weighted by molar-refractivity contribution is 6.31. The maximum absolute atomic E-state index is 9.46. The van der Waals surface area contributed by atoms with Gasteiger partial charge in [-0.05, 0) is 35.9 Å². The average Bonchev–Trinajstić information content (AvgIpc) is 2.96. The normalized spacial score (nSPS) is 19.6. The second kappa shape index (κ2) is 4.67. The van der Waals surface area contributed by atoms with Crippen molar-refractivity contribution in [1.29, 1.82) is 0 Å². The van der Waals surface area contributed by atoms with E-state index in [-0.39, 0.29) is 11.9 Å². The molecule has 5 heteroatoms. The van der Waals surface area contributed by atoms with Crippen LogP contribution < -0.4 is 5.32 Å². The maximum atomic E-state index is 9.46. The van der Waals surface area contributed by atoms with Crippen LogP contribution >= 0.6 is 11.6 Å². The minimum Gasteiger partial charge on any atom is -0.508 e. The van der Waals surface area contributed by atoms with Gasteiger partial charge in [0.15, 0.2) is 0 Å². The highest BCUT2D eigenvalue weighted by atomic mass is 35.5. The van der Waals surface area contributed by atoms with Gasteiger partial charge in [-0.15, -0.1) is 0 Å². The molecular formula is C16H14ClN3O. The van der Waals surface area contributed by atoms with Crippen molar-refractivity contribution in [3.63, 3.8) is 0 Å². The number of phenolic OH excluding ortho intramolecular Hbond substituents is 1. The Morgan fingerprint density at radius 3 is 2.81 bits per heavy atom.